The van der Waals surface area contributed by atoms with Gasteiger partial charge in [0.2, 0.25) is 0 Å². The lowest BCUT2D eigenvalue weighted by atomic mass is 10.1. The van der Waals surface area contributed by atoms with E-state index in [4.69, 9.17) is 0 Å². The fourth-order valence-corrected chi connectivity index (χ4v) is 1.88. The van der Waals surface area contributed by atoms with Gasteiger partial charge >= 0.3 is 0 Å². The van der Waals surface area contributed by atoms with Crippen LogP contribution in [0, 0.1) is 0 Å². The Kier molecular flexibility index (Phi) is 3.33. The van der Waals surface area contributed by atoms with Gasteiger partial charge in [-0.1, -0.05) is 28.1 Å². The number of rotatable bonds is 3. The Morgan fingerprint density at radius 2 is 1.88 bits per heavy atom. The van der Waals surface area contributed by atoms with Crippen LogP contribution in [0.5, 0.6) is 0 Å². The molecule has 1 aromatic heterocycles. The molecule has 0 amide bonds. The zero-order valence-electron chi connectivity index (χ0n) is 10.3. The molecule has 1 heterocycles. The number of hydrogen-bond donors (Lipinski definition) is 0. The van der Waals surface area contributed by atoms with Crippen LogP contribution in [0.25, 0.3) is 11.0 Å². The molecule has 0 unspecified atom stereocenters. The van der Waals surface area contributed by atoms with Gasteiger partial charge in [-0.2, -0.15) is 0 Å². The van der Waals surface area contributed by atoms with Crippen molar-refractivity contribution in [2.75, 3.05) is 17.3 Å². The molecule has 4 heteroatoms. The minimum Gasteiger partial charge on any atom is -0.352 e. The fraction of sp³-hybridized carbons (Fsp3) is 0.385. The summed E-state index contributed by atoms with van der Waals surface area (Å²) in [6.45, 7) is 4.33. The number of fused-ring (bicyclic) bond motifs is 1. The van der Waals surface area contributed by atoms with E-state index in [2.05, 4.69) is 44.6 Å². The van der Waals surface area contributed by atoms with Crippen molar-refractivity contribution in [2.24, 2.45) is 0 Å². The van der Waals surface area contributed by atoms with E-state index in [1.165, 1.54) is 0 Å². The third-order valence-corrected chi connectivity index (χ3v) is 4.39. The topological polar surface area (TPSA) is 29.0 Å². The molecule has 1 aromatic carbocycles. The van der Waals surface area contributed by atoms with E-state index in [9.17, 15) is 0 Å². The summed E-state index contributed by atoms with van der Waals surface area (Å²) in [5.74, 6) is 0.896. The summed E-state index contributed by atoms with van der Waals surface area (Å²) >= 11 is 3.53. The number of nitrogens with zero attached hydrogens (tertiary/aromatic N) is 3. The highest BCUT2D eigenvalue weighted by atomic mass is 79.9. The third-order valence-electron chi connectivity index (χ3n) is 3.01. The predicted octanol–water partition coefficient (Wildman–Crippen LogP) is 3.24. The van der Waals surface area contributed by atoms with Crippen molar-refractivity contribution >= 4 is 32.8 Å². The molecule has 2 aromatic rings. The molecule has 0 N–H and O–H groups in total. The highest BCUT2D eigenvalue weighted by molar-refractivity contribution is 9.09. The molecule has 0 saturated carbocycles. The van der Waals surface area contributed by atoms with Gasteiger partial charge in [-0.25, -0.2) is 4.98 Å². The second kappa shape index (κ2) is 4.61. The van der Waals surface area contributed by atoms with Crippen LogP contribution < -0.4 is 4.90 Å². The summed E-state index contributed by atoms with van der Waals surface area (Å²) in [6.07, 6.45) is 1.83. The van der Waals surface area contributed by atoms with E-state index in [0.717, 1.165) is 22.2 Å². The molecule has 0 aliphatic heterocycles. The molecular weight excluding hydrogens is 278 g/mol. The summed E-state index contributed by atoms with van der Waals surface area (Å²) in [4.78, 5) is 11.2. The normalized spacial score (nSPS) is 11.8. The highest BCUT2D eigenvalue weighted by Gasteiger charge is 2.23. The maximum absolute atomic E-state index is 4.63. The first-order chi connectivity index (χ1) is 8.04. The van der Waals surface area contributed by atoms with Crippen LogP contribution in [0.3, 0.4) is 0 Å². The SMILES string of the molecule is CN(c1cnc2ccccc2n1)C(C)(C)CBr. The van der Waals surface area contributed by atoms with Crippen molar-refractivity contribution in [2.45, 2.75) is 19.4 Å². The average molecular weight is 294 g/mol. The third kappa shape index (κ3) is 2.41. The van der Waals surface area contributed by atoms with Gasteiger partial charge in [0.1, 0.15) is 5.82 Å². The summed E-state index contributed by atoms with van der Waals surface area (Å²) in [6, 6.07) is 7.92. The summed E-state index contributed by atoms with van der Waals surface area (Å²) < 4.78 is 0. The minimum absolute atomic E-state index is 0.0110. The van der Waals surface area contributed by atoms with E-state index >= 15 is 0 Å². The minimum atomic E-state index is 0.0110. The average Bonchev–Trinajstić information content (AvgIpc) is 2.37. The van der Waals surface area contributed by atoms with Gasteiger partial charge in [0.15, 0.2) is 0 Å². The molecule has 0 saturated heterocycles. The number of alkyl halides is 1. The van der Waals surface area contributed by atoms with Crippen LogP contribution >= 0.6 is 15.9 Å². The molecule has 90 valence electrons. The number of hydrogen-bond acceptors (Lipinski definition) is 3. The Hall–Kier alpha value is -1.16. The van der Waals surface area contributed by atoms with Crippen LogP contribution in [0.1, 0.15) is 13.8 Å². The largest absolute Gasteiger partial charge is 0.352 e. The second-order valence-electron chi connectivity index (χ2n) is 4.72. The number of halogens is 1. The monoisotopic (exact) mass is 293 g/mol. The van der Waals surface area contributed by atoms with Gasteiger partial charge in [-0.15, -0.1) is 0 Å². The van der Waals surface area contributed by atoms with E-state index < -0.39 is 0 Å². The summed E-state index contributed by atoms with van der Waals surface area (Å²) in [5, 5.41) is 0.880. The van der Waals surface area contributed by atoms with E-state index in [0.29, 0.717) is 0 Å². The Morgan fingerprint density at radius 3 is 2.53 bits per heavy atom. The lowest BCUT2D eigenvalue weighted by Crippen LogP contribution is -2.43. The first kappa shape index (κ1) is 12.3. The molecule has 0 spiro atoms. The van der Waals surface area contributed by atoms with Crippen LogP contribution in [0.2, 0.25) is 0 Å². The molecule has 3 nitrogen and oxygen atoms in total. The number of benzene rings is 1. The standard InChI is InChI=1S/C13H16BrN3/c1-13(2,9-14)17(3)12-8-15-10-6-4-5-7-11(10)16-12/h4-8H,9H2,1-3H3. The maximum Gasteiger partial charge on any atom is 0.148 e. The molecule has 0 aliphatic rings. The second-order valence-corrected chi connectivity index (χ2v) is 5.28. The quantitative estimate of drug-likeness (QED) is 0.814. The van der Waals surface area contributed by atoms with Crippen LogP contribution in [-0.2, 0) is 0 Å². The molecule has 17 heavy (non-hydrogen) atoms. The Labute approximate surface area is 110 Å². The fourth-order valence-electron chi connectivity index (χ4n) is 1.51. The number of anilines is 1. The predicted molar refractivity (Wildman–Crippen MR) is 75.8 cm³/mol. The van der Waals surface area contributed by atoms with Gasteiger partial charge in [0, 0.05) is 17.9 Å². The van der Waals surface area contributed by atoms with Crippen LogP contribution in [-0.4, -0.2) is 27.9 Å². The lowest BCUT2D eigenvalue weighted by Gasteiger charge is -2.34. The van der Waals surface area contributed by atoms with Crippen molar-refractivity contribution in [3.8, 4) is 0 Å². The molecule has 0 fully saturated rings. The summed E-state index contributed by atoms with van der Waals surface area (Å²) in [5.41, 5.74) is 1.88. The van der Waals surface area contributed by atoms with Gasteiger partial charge in [0.05, 0.1) is 17.2 Å². The molecule has 0 aliphatic carbocycles. The number of aromatic nitrogens is 2. The zero-order valence-corrected chi connectivity index (χ0v) is 11.9. The van der Waals surface area contributed by atoms with Gasteiger partial charge < -0.3 is 4.90 Å². The van der Waals surface area contributed by atoms with Gasteiger partial charge in [-0.05, 0) is 26.0 Å². The van der Waals surface area contributed by atoms with Gasteiger partial charge in [-0.3, -0.25) is 4.98 Å². The number of para-hydroxylation sites is 2. The Bertz CT molecular complexity index is 525. The van der Waals surface area contributed by atoms with Crippen molar-refractivity contribution in [1.29, 1.82) is 0 Å². The first-order valence-corrected chi connectivity index (χ1v) is 6.68. The highest BCUT2D eigenvalue weighted by Crippen LogP contribution is 2.22. The Balaban J connectivity index is 2.43. The lowest BCUT2D eigenvalue weighted by molar-refractivity contribution is 0.547. The van der Waals surface area contributed by atoms with E-state index in [-0.39, 0.29) is 5.54 Å². The van der Waals surface area contributed by atoms with Crippen molar-refractivity contribution in [3.63, 3.8) is 0 Å². The molecule has 0 bridgehead atoms. The molecule has 2 rings (SSSR count). The summed E-state index contributed by atoms with van der Waals surface area (Å²) in [7, 11) is 2.04. The van der Waals surface area contributed by atoms with E-state index in [1.807, 2.05) is 37.5 Å². The van der Waals surface area contributed by atoms with E-state index in [1.54, 1.807) is 0 Å². The molecule has 0 radical (unpaired) electrons. The molecule has 0 atom stereocenters. The van der Waals surface area contributed by atoms with Crippen molar-refractivity contribution < 1.29 is 0 Å². The zero-order chi connectivity index (χ0) is 12.5. The van der Waals surface area contributed by atoms with Gasteiger partial charge in [0.25, 0.3) is 0 Å². The van der Waals surface area contributed by atoms with Crippen LogP contribution in [0.15, 0.2) is 30.5 Å². The smallest absolute Gasteiger partial charge is 0.148 e. The van der Waals surface area contributed by atoms with Crippen LogP contribution in [0.4, 0.5) is 5.82 Å². The first-order valence-electron chi connectivity index (χ1n) is 5.56. The molecular formula is C13H16BrN3. The van der Waals surface area contributed by atoms with Crippen molar-refractivity contribution in [3.05, 3.63) is 30.5 Å². The van der Waals surface area contributed by atoms with Crippen molar-refractivity contribution in [1.82, 2.24) is 9.97 Å². The maximum atomic E-state index is 4.63. The Morgan fingerprint density at radius 1 is 1.24 bits per heavy atom.